The molecule has 2 amide bonds. The van der Waals surface area contributed by atoms with Crippen LogP contribution >= 0.6 is 11.8 Å². The minimum Gasteiger partial charge on any atom is -0.491 e. The number of amides is 2. The van der Waals surface area contributed by atoms with Crippen LogP contribution in [-0.2, 0) is 35.1 Å². The van der Waals surface area contributed by atoms with E-state index in [0.29, 0.717) is 65.7 Å². The number of nitrogens with one attached hydrogen (secondary N) is 2. The first-order valence-electron chi connectivity index (χ1n) is 11.7. The van der Waals surface area contributed by atoms with Crippen LogP contribution in [0.25, 0.3) is 0 Å². The Morgan fingerprint density at radius 2 is 1.49 bits per heavy atom. The van der Waals surface area contributed by atoms with Crippen LogP contribution in [0.2, 0.25) is 0 Å². The minimum atomic E-state index is -0.220. The quantitative estimate of drug-likeness (QED) is 0.142. The van der Waals surface area contributed by atoms with Crippen molar-refractivity contribution in [3.05, 3.63) is 29.8 Å². The summed E-state index contributed by atoms with van der Waals surface area (Å²) in [5.74, 6) is 0.618. The molecular formula is C24H45N3O7S. The topological polar surface area (TPSA) is 130 Å². The Labute approximate surface area is 214 Å². The molecule has 0 aromatic heterocycles. The smallest absolute Gasteiger partial charge is 0.223 e. The summed E-state index contributed by atoms with van der Waals surface area (Å²) in [5.41, 5.74) is 6.28. The summed E-state index contributed by atoms with van der Waals surface area (Å²) < 4.78 is 25.9. The summed E-state index contributed by atoms with van der Waals surface area (Å²) in [6.45, 7) is 8.46. The Bertz CT molecular complexity index is 595. The van der Waals surface area contributed by atoms with Crippen LogP contribution in [-0.4, -0.2) is 91.0 Å². The number of hydrogen-bond donors (Lipinski definition) is 3. The number of thioether (sulfide) groups is 1. The fraction of sp³-hybridized carbons (Fsp3) is 0.667. The van der Waals surface area contributed by atoms with Gasteiger partial charge >= 0.3 is 0 Å². The van der Waals surface area contributed by atoms with E-state index in [-0.39, 0.29) is 17.7 Å². The van der Waals surface area contributed by atoms with E-state index in [1.807, 2.05) is 44.4 Å². The lowest BCUT2D eigenvalue weighted by molar-refractivity contribution is -0.121. The molecular weight excluding hydrogens is 474 g/mol. The second kappa shape index (κ2) is 28.3. The number of methoxy groups -OCH3 is 1. The SMILES string of the molecule is CC.COC.CSC(CC(=O)NCc1ccc(OCCOCCOCCOCCN)cc1)NC=O. The fourth-order valence-corrected chi connectivity index (χ4v) is 2.78. The van der Waals surface area contributed by atoms with Crippen molar-refractivity contribution in [3.63, 3.8) is 0 Å². The predicted molar refractivity (Wildman–Crippen MR) is 141 cm³/mol. The standard InChI is InChI=1S/C20H33N3O6S.C2H6O.C2H6/c1-30-20(23-16-24)14-19(25)22-15-17-2-4-18(5-3-17)29-13-12-28-11-10-27-9-8-26-7-6-21;1-3-2;1-2/h2-5,16,20H,6-15,21H2,1H3,(H,22,25)(H,23,24);1-2H3;1-2H3. The zero-order valence-corrected chi connectivity index (χ0v) is 22.7. The molecule has 10 nitrogen and oxygen atoms in total. The zero-order valence-electron chi connectivity index (χ0n) is 21.9. The maximum atomic E-state index is 11.9. The van der Waals surface area contributed by atoms with Crippen LogP contribution < -0.4 is 21.1 Å². The Morgan fingerprint density at radius 3 is 1.97 bits per heavy atom. The van der Waals surface area contributed by atoms with E-state index in [1.165, 1.54) is 11.8 Å². The molecule has 0 saturated heterocycles. The summed E-state index contributed by atoms with van der Waals surface area (Å²) in [7, 11) is 3.25. The van der Waals surface area contributed by atoms with E-state index in [0.717, 1.165) is 11.3 Å². The number of benzene rings is 1. The first-order valence-corrected chi connectivity index (χ1v) is 12.9. The molecule has 0 spiro atoms. The minimum absolute atomic E-state index is 0.117. The van der Waals surface area contributed by atoms with Crippen molar-refractivity contribution in [1.82, 2.24) is 10.6 Å². The Balaban J connectivity index is 0. The maximum Gasteiger partial charge on any atom is 0.223 e. The van der Waals surface area contributed by atoms with Gasteiger partial charge in [0.1, 0.15) is 12.4 Å². The number of carbonyl (C=O) groups excluding carboxylic acids is 2. The number of nitrogens with two attached hydrogens (primary N) is 1. The van der Waals surface area contributed by atoms with Gasteiger partial charge in [0.15, 0.2) is 0 Å². The number of ether oxygens (including phenoxy) is 5. The summed E-state index contributed by atoms with van der Waals surface area (Å²) >= 11 is 1.42. The van der Waals surface area contributed by atoms with Gasteiger partial charge in [-0.25, -0.2) is 0 Å². The van der Waals surface area contributed by atoms with Crippen molar-refractivity contribution in [2.75, 3.05) is 73.3 Å². The van der Waals surface area contributed by atoms with Crippen LogP contribution in [0.3, 0.4) is 0 Å². The van der Waals surface area contributed by atoms with Crippen LogP contribution in [0.4, 0.5) is 0 Å². The second-order valence-electron chi connectivity index (χ2n) is 6.52. The van der Waals surface area contributed by atoms with Gasteiger partial charge in [0.2, 0.25) is 12.3 Å². The van der Waals surface area contributed by atoms with E-state index in [1.54, 1.807) is 14.2 Å². The van der Waals surface area contributed by atoms with Crippen molar-refractivity contribution in [1.29, 1.82) is 0 Å². The molecule has 0 saturated carbocycles. The highest BCUT2D eigenvalue weighted by Gasteiger charge is 2.11. The fourth-order valence-electron chi connectivity index (χ4n) is 2.27. The highest BCUT2D eigenvalue weighted by atomic mass is 32.2. The molecule has 0 radical (unpaired) electrons. The molecule has 0 heterocycles. The van der Waals surface area contributed by atoms with Crippen molar-refractivity contribution in [2.24, 2.45) is 5.73 Å². The molecule has 0 aliphatic carbocycles. The van der Waals surface area contributed by atoms with Crippen molar-refractivity contribution < 1.29 is 33.3 Å². The van der Waals surface area contributed by atoms with Gasteiger partial charge in [0.05, 0.1) is 51.4 Å². The van der Waals surface area contributed by atoms with Crippen LogP contribution in [0, 0.1) is 0 Å². The molecule has 204 valence electrons. The molecule has 1 aromatic rings. The lowest BCUT2D eigenvalue weighted by atomic mass is 10.2. The molecule has 1 unspecified atom stereocenters. The first-order chi connectivity index (χ1) is 17.1. The van der Waals surface area contributed by atoms with Crippen molar-refractivity contribution in [2.45, 2.75) is 32.2 Å². The maximum absolute atomic E-state index is 11.9. The van der Waals surface area contributed by atoms with E-state index in [9.17, 15) is 9.59 Å². The average Bonchev–Trinajstić information content (AvgIpc) is 2.88. The van der Waals surface area contributed by atoms with Gasteiger partial charge in [-0.3, -0.25) is 9.59 Å². The Kier molecular flexibility index (Phi) is 28.6. The third-order valence-corrected chi connectivity index (χ3v) is 4.70. The monoisotopic (exact) mass is 519 g/mol. The van der Waals surface area contributed by atoms with Gasteiger partial charge < -0.3 is 40.1 Å². The molecule has 0 fully saturated rings. The normalized spacial score (nSPS) is 10.7. The van der Waals surface area contributed by atoms with Crippen LogP contribution in [0.15, 0.2) is 24.3 Å². The lowest BCUT2D eigenvalue weighted by Crippen LogP contribution is -2.32. The third-order valence-electron chi connectivity index (χ3n) is 3.82. The number of hydrogen-bond acceptors (Lipinski definition) is 9. The van der Waals surface area contributed by atoms with Crippen molar-refractivity contribution >= 4 is 24.1 Å². The van der Waals surface area contributed by atoms with Gasteiger partial charge in [-0.15, -0.1) is 11.8 Å². The average molecular weight is 520 g/mol. The van der Waals surface area contributed by atoms with Gasteiger partial charge in [-0.1, -0.05) is 26.0 Å². The molecule has 1 atom stereocenters. The van der Waals surface area contributed by atoms with Gasteiger partial charge in [0.25, 0.3) is 0 Å². The van der Waals surface area contributed by atoms with Crippen LogP contribution in [0.1, 0.15) is 25.8 Å². The molecule has 11 heteroatoms. The van der Waals surface area contributed by atoms with E-state index in [2.05, 4.69) is 15.4 Å². The molecule has 0 aliphatic rings. The highest BCUT2D eigenvalue weighted by molar-refractivity contribution is 7.99. The molecule has 35 heavy (non-hydrogen) atoms. The summed E-state index contributed by atoms with van der Waals surface area (Å²) in [6.07, 6.45) is 2.68. The third kappa shape index (κ3) is 23.6. The summed E-state index contributed by atoms with van der Waals surface area (Å²) in [6, 6.07) is 7.49. The predicted octanol–water partition coefficient (Wildman–Crippen LogP) is 1.80. The van der Waals surface area contributed by atoms with E-state index < -0.39 is 0 Å². The summed E-state index contributed by atoms with van der Waals surface area (Å²) in [5, 5.41) is 5.21. The Morgan fingerprint density at radius 1 is 0.971 bits per heavy atom. The molecule has 4 N–H and O–H groups in total. The van der Waals surface area contributed by atoms with E-state index in [4.69, 9.17) is 24.7 Å². The molecule has 1 rings (SSSR count). The van der Waals surface area contributed by atoms with Gasteiger partial charge in [-0.05, 0) is 24.0 Å². The zero-order chi connectivity index (χ0) is 26.6. The molecule has 0 bridgehead atoms. The molecule has 1 aromatic carbocycles. The summed E-state index contributed by atoms with van der Waals surface area (Å²) in [4.78, 5) is 22.4. The van der Waals surface area contributed by atoms with E-state index >= 15 is 0 Å². The van der Waals surface area contributed by atoms with Crippen molar-refractivity contribution in [3.8, 4) is 5.75 Å². The second-order valence-corrected chi connectivity index (χ2v) is 7.56. The Hall–Kier alpha value is -1.89. The molecule has 0 aliphatic heterocycles. The lowest BCUT2D eigenvalue weighted by Gasteiger charge is -2.13. The number of carbonyl (C=O) groups is 2. The van der Waals surface area contributed by atoms with Crippen LogP contribution in [0.5, 0.6) is 5.75 Å². The first kappa shape index (κ1) is 35.3. The highest BCUT2D eigenvalue weighted by Crippen LogP contribution is 2.12. The van der Waals surface area contributed by atoms with Gasteiger partial charge in [-0.2, -0.15) is 0 Å². The van der Waals surface area contributed by atoms with Gasteiger partial charge in [0, 0.05) is 27.3 Å². The largest absolute Gasteiger partial charge is 0.491 e. The number of rotatable bonds is 19.